The Morgan fingerprint density at radius 1 is 0.778 bits per heavy atom. The molecule has 0 fully saturated rings. The summed E-state index contributed by atoms with van der Waals surface area (Å²) in [6, 6.07) is 0. The van der Waals surface area contributed by atoms with Crippen molar-refractivity contribution in [2.75, 3.05) is 0 Å². The maximum absolute atomic E-state index is 3.64. The Bertz CT molecular complexity index is 20.0. The maximum Gasteiger partial charge on any atom is 2.00 e. The molecule has 0 atom stereocenters. The summed E-state index contributed by atoms with van der Waals surface area (Å²) in [5, 5.41) is 0. The minimum atomic E-state index is 0. The molecule has 9 heavy (non-hydrogen) atoms. The van der Waals surface area contributed by atoms with Gasteiger partial charge in [-0.2, -0.15) is 11.8 Å². The molecule has 0 aromatic heterocycles. The van der Waals surface area contributed by atoms with Crippen LogP contribution in [0.15, 0.2) is 0 Å². The predicted molar refractivity (Wildman–Crippen MR) is 40.4 cm³/mol. The molecular weight excluding hydrogens is 155 g/mol. The second kappa shape index (κ2) is 11.3. The van der Waals surface area contributed by atoms with Crippen molar-refractivity contribution in [2.45, 2.75) is 27.7 Å². The van der Waals surface area contributed by atoms with Gasteiger partial charge in [-0.05, 0) is 0 Å². The van der Waals surface area contributed by atoms with Gasteiger partial charge in [0.1, 0.15) is 0 Å². The monoisotopic (exact) mass is 173 g/mol. The standard InChI is InChI=1S/2C4H9.Co/c2*1-4(2)3;/h2*4H,1H2,2-3H3;/q2*-1;+2. The van der Waals surface area contributed by atoms with E-state index in [0.29, 0.717) is 11.8 Å². The van der Waals surface area contributed by atoms with E-state index in [1.807, 2.05) is 0 Å². The second-order valence-corrected chi connectivity index (χ2v) is 2.79. The molecule has 0 aliphatic heterocycles. The van der Waals surface area contributed by atoms with Gasteiger partial charge in [-0.15, -0.1) is 0 Å². The minimum Gasteiger partial charge on any atom is -0.341 e. The average Bonchev–Trinajstić information content (AvgIpc) is 1.25. The van der Waals surface area contributed by atoms with Crippen LogP contribution in [0.4, 0.5) is 0 Å². The number of hydrogen-bond donors (Lipinski definition) is 0. The van der Waals surface area contributed by atoms with Crippen LogP contribution in [-0.4, -0.2) is 0 Å². The van der Waals surface area contributed by atoms with E-state index in [1.54, 1.807) is 0 Å². The second-order valence-electron chi connectivity index (χ2n) is 2.79. The Morgan fingerprint density at radius 2 is 0.778 bits per heavy atom. The number of rotatable bonds is 0. The van der Waals surface area contributed by atoms with Crippen molar-refractivity contribution in [3.63, 3.8) is 0 Å². The first-order valence-electron chi connectivity index (χ1n) is 3.13. The van der Waals surface area contributed by atoms with Gasteiger partial charge in [-0.25, -0.2) is 0 Å². The van der Waals surface area contributed by atoms with Gasteiger partial charge in [0.05, 0.1) is 0 Å². The van der Waals surface area contributed by atoms with Gasteiger partial charge in [0.2, 0.25) is 0 Å². The molecule has 0 saturated carbocycles. The van der Waals surface area contributed by atoms with Crippen molar-refractivity contribution in [2.24, 2.45) is 11.8 Å². The molecule has 0 spiro atoms. The van der Waals surface area contributed by atoms with Crippen molar-refractivity contribution < 1.29 is 16.8 Å². The van der Waals surface area contributed by atoms with E-state index in [4.69, 9.17) is 0 Å². The molecule has 0 aromatic carbocycles. The van der Waals surface area contributed by atoms with Crippen LogP contribution in [0.25, 0.3) is 0 Å². The topological polar surface area (TPSA) is 0 Å². The zero-order valence-corrected chi connectivity index (χ0v) is 7.94. The largest absolute Gasteiger partial charge is 2.00 e. The molecule has 1 radical (unpaired) electrons. The van der Waals surface area contributed by atoms with E-state index in [1.165, 1.54) is 0 Å². The van der Waals surface area contributed by atoms with Crippen LogP contribution in [0.1, 0.15) is 27.7 Å². The third kappa shape index (κ3) is 1400. The van der Waals surface area contributed by atoms with Gasteiger partial charge in [0, 0.05) is 0 Å². The van der Waals surface area contributed by atoms with Crippen LogP contribution in [0.5, 0.6) is 0 Å². The van der Waals surface area contributed by atoms with Gasteiger partial charge in [0.15, 0.2) is 0 Å². The molecule has 59 valence electrons. The van der Waals surface area contributed by atoms with Gasteiger partial charge in [-0.1, -0.05) is 27.7 Å². The molecule has 0 amide bonds. The van der Waals surface area contributed by atoms with E-state index in [9.17, 15) is 0 Å². The first-order chi connectivity index (χ1) is 3.46. The first-order valence-corrected chi connectivity index (χ1v) is 3.13. The summed E-state index contributed by atoms with van der Waals surface area (Å²) < 4.78 is 0. The van der Waals surface area contributed by atoms with Crippen molar-refractivity contribution in [1.29, 1.82) is 0 Å². The van der Waals surface area contributed by atoms with Crippen LogP contribution < -0.4 is 0 Å². The smallest absolute Gasteiger partial charge is 0.341 e. The molecule has 0 heterocycles. The Hall–Kier alpha value is 0.506. The Balaban J connectivity index is -0.0000000720. The van der Waals surface area contributed by atoms with Crippen molar-refractivity contribution in [1.82, 2.24) is 0 Å². The fourth-order valence-corrected chi connectivity index (χ4v) is 0. The summed E-state index contributed by atoms with van der Waals surface area (Å²) in [5.41, 5.74) is 0. The minimum absolute atomic E-state index is 0. The molecule has 0 aliphatic carbocycles. The third-order valence-electron chi connectivity index (χ3n) is 0. The molecule has 0 N–H and O–H groups in total. The van der Waals surface area contributed by atoms with E-state index >= 15 is 0 Å². The fraction of sp³-hybridized carbons (Fsp3) is 0.750. The van der Waals surface area contributed by atoms with Gasteiger partial charge < -0.3 is 13.8 Å². The summed E-state index contributed by atoms with van der Waals surface area (Å²) in [4.78, 5) is 0. The average molecular weight is 173 g/mol. The molecular formula is C8H18Co. The van der Waals surface area contributed by atoms with Crippen LogP contribution in [-0.2, 0) is 16.8 Å². The van der Waals surface area contributed by atoms with Crippen molar-refractivity contribution >= 4 is 0 Å². The van der Waals surface area contributed by atoms with E-state index < -0.39 is 0 Å². The van der Waals surface area contributed by atoms with Crippen molar-refractivity contribution in [3.8, 4) is 0 Å². The molecule has 0 saturated heterocycles. The molecule has 1 heteroatoms. The zero-order chi connectivity index (χ0) is 7.15. The summed E-state index contributed by atoms with van der Waals surface area (Å²) >= 11 is 0. The Labute approximate surface area is 70.6 Å². The third-order valence-corrected chi connectivity index (χ3v) is 0. The normalized spacial score (nSPS) is 8.00. The summed E-state index contributed by atoms with van der Waals surface area (Å²) in [6.07, 6.45) is 0. The summed E-state index contributed by atoms with van der Waals surface area (Å²) in [7, 11) is 0. The SMILES string of the molecule is [CH2-]C(C)C.[CH2-]C(C)C.[Co+2]. The van der Waals surface area contributed by atoms with E-state index in [0.717, 1.165) is 0 Å². The number of hydrogen-bond acceptors (Lipinski definition) is 0. The molecule has 0 rings (SSSR count). The zero-order valence-electron chi connectivity index (χ0n) is 6.90. The van der Waals surface area contributed by atoms with E-state index in [2.05, 4.69) is 41.5 Å². The molecule has 0 aliphatic rings. The maximum atomic E-state index is 3.64. The quantitative estimate of drug-likeness (QED) is 0.494. The summed E-state index contributed by atoms with van der Waals surface area (Å²) in [6.45, 7) is 15.5. The fourth-order valence-electron chi connectivity index (χ4n) is 0. The van der Waals surface area contributed by atoms with Crippen LogP contribution in [0.3, 0.4) is 0 Å². The van der Waals surface area contributed by atoms with Gasteiger partial charge in [-0.3, -0.25) is 0 Å². The van der Waals surface area contributed by atoms with Crippen LogP contribution >= 0.6 is 0 Å². The Morgan fingerprint density at radius 3 is 0.778 bits per heavy atom. The molecule has 0 aromatic rings. The van der Waals surface area contributed by atoms with Gasteiger partial charge in [0.25, 0.3) is 0 Å². The van der Waals surface area contributed by atoms with E-state index in [-0.39, 0.29) is 16.8 Å². The van der Waals surface area contributed by atoms with Crippen molar-refractivity contribution in [3.05, 3.63) is 13.8 Å². The van der Waals surface area contributed by atoms with Gasteiger partial charge >= 0.3 is 16.8 Å². The molecule has 0 nitrogen and oxygen atoms in total. The molecule has 0 unspecified atom stereocenters. The summed E-state index contributed by atoms with van der Waals surface area (Å²) in [5.74, 6) is 1.17. The first kappa shape index (κ1) is 16.2. The Kier molecular flexibility index (Phi) is 20.4. The van der Waals surface area contributed by atoms with Crippen LogP contribution in [0.2, 0.25) is 0 Å². The molecule has 0 bridgehead atoms. The van der Waals surface area contributed by atoms with Crippen LogP contribution in [0, 0.1) is 25.7 Å². The predicted octanol–water partition coefficient (Wildman–Crippen LogP) is 2.95.